The molecule has 0 fully saturated rings. The lowest BCUT2D eigenvalue weighted by Gasteiger charge is -2.27. The van der Waals surface area contributed by atoms with Crippen LogP contribution < -0.4 is 0 Å². The minimum absolute atomic E-state index is 0.0830. The van der Waals surface area contributed by atoms with Gasteiger partial charge in [0.25, 0.3) is 0 Å². The summed E-state index contributed by atoms with van der Waals surface area (Å²) in [6, 6.07) is 25.4. The van der Waals surface area contributed by atoms with E-state index in [4.69, 9.17) is 0 Å². The minimum atomic E-state index is 0.0830. The van der Waals surface area contributed by atoms with Gasteiger partial charge in [-0.1, -0.05) is 102 Å². The predicted molar refractivity (Wildman–Crippen MR) is 118 cm³/mol. The van der Waals surface area contributed by atoms with Crippen LogP contribution in [-0.2, 0) is 10.8 Å². The quantitative estimate of drug-likeness (QED) is 0.441. The number of hydrogen-bond acceptors (Lipinski definition) is 0. The Morgan fingerprint density at radius 1 is 0.593 bits per heavy atom. The Bertz CT molecular complexity index is 946. The maximum absolute atomic E-state index is 3.45. The fourth-order valence-corrected chi connectivity index (χ4v) is 3.91. The summed E-state index contributed by atoms with van der Waals surface area (Å²) in [5.41, 5.74) is 9.37. The zero-order chi connectivity index (χ0) is 19.8. The monoisotopic (exact) mass is 355 g/mol. The van der Waals surface area contributed by atoms with Gasteiger partial charge in [0.15, 0.2) is 0 Å². The smallest absolute Gasteiger partial charge is 0.00669 e. The molecule has 0 spiro atoms. The van der Waals surface area contributed by atoms with Gasteiger partial charge in [-0.3, -0.25) is 0 Å². The Balaban J connectivity index is 2.36. The Labute approximate surface area is 165 Å². The Morgan fingerprint density at radius 3 is 1.63 bits per heavy atom. The van der Waals surface area contributed by atoms with Gasteiger partial charge in [0.05, 0.1) is 0 Å². The van der Waals surface area contributed by atoms with Crippen molar-refractivity contribution in [2.75, 3.05) is 0 Å². The molecule has 139 valence electrons. The lowest BCUT2D eigenvalue weighted by molar-refractivity contribution is 0.591. The Kier molecular flexibility index (Phi) is 5.04. The van der Waals surface area contributed by atoms with Gasteiger partial charge in [0.1, 0.15) is 0 Å². The van der Waals surface area contributed by atoms with E-state index >= 15 is 0 Å². The molecular formula is C27H31. The molecule has 3 aromatic carbocycles. The average molecular weight is 356 g/mol. The number of aryl methyl sites for hydroxylation is 1. The Hall–Kier alpha value is -2.34. The van der Waals surface area contributed by atoms with Crippen LogP contribution in [0.3, 0.4) is 0 Å². The topological polar surface area (TPSA) is 0 Å². The molecule has 27 heavy (non-hydrogen) atoms. The highest BCUT2D eigenvalue weighted by molar-refractivity contribution is 5.88. The summed E-state index contributed by atoms with van der Waals surface area (Å²) in [5.74, 6) is 0. The van der Waals surface area contributed by atoms with Crippen molar-refractivity contribution in [3.63, 3.8) is 0 Å². The number of rotatable bonds is 2. The fourth-order valence-electron chi connectivity index (χ4n) is 3.91. The van der Waals surface area contributed by atoms with Crippen molar-refractivity contribution in [2.24, 2.45) is 0 Å². The summed E-state index contributed by atoms with van der Waals surface area (Å²) in [5, 5.41) is 0. The van der Waals surface area contributed by atoms with Crippen LogP contribution in [0.1, 0.15) is 58.2 Å². The highest BCUT2D eigenvalue weighted by Crippen LogP contribution is 2.42. The van der Waals surface area contributed by atoms with Crippen molar-refractivity contribution in [2.45, 2.75) is 59.3 Å². The molecule has 0 aliphatic heterocycles. The molecule has 1 radical (unpaired) electrons. The third-order valence-electron chi connectivity index (χ3n) is 5.22. The summed E-state index contributed by atoms with van der Waals surface area (Å²) >= 11 is 0. The summed E-state index contributed by atoms with van der Waals surface area (Å²) in [6.07, 6.45) is 0. The molecule has 0 aliphatic rings. The van der Waals surface area contributed by atoms with Gasteiger partial charge in [0.2, 0.25) is 0 Å². The molecule has 0 unspecified atom stereocenters. The molecule has 0 aromatic heterocycles. The first-order chi connectivity index (χ1) is 12.6. The molecule has 0 aliphatic carbocycles. The van der Waals surface area contributed by atoms with Crippen molar-refractivity contribution in [3.05, 3.63) is 83.4 Å². The highest BCUT2D eigenvalue weighted by Gasteiger charge is 2.24. The first kappa shape index (κ1) is 19.4. The molecule has 3 rings (SSSR count). The molecule has 0 bridgehead atoms. The zero-order valence-electron chi connectivity index (χ0n) is 17.8. The van der Waals surface area contributed by atoms with Crippen LogP contribution in [0.15, 0.2) is 60.7 Å². The van der Waals surface area contributed by atoms with Gasteiger partial charge in [-0.15, -0.1) is 0 Å². The molecule has 0 amide bonds. The zero-order valence-corrected chi connectivity index (χ0v) is 17.8. The van der Waals surface area contributed by atoms with Crippen LogP contribution >= 0.6 is 0 Å². The van der Waals surface area contributed by atoms with Crippen LogP contribution in [0.2, 0.25) is 0 Å². The van der Waals surface area contributed by atoms with Crippen LogP contribution in [0.5, 0.6) is 0 Å². The van der Waals surface area contributed by atoms with E-state index in [-0.39, 0.29) is 10.8 Å². The molecule has 0 atom stereocenters. The van der Waals surface area contributed by atoms with Crippen molar-refractivity contribution >= 4 is 0 Å². The summed E-state index contributed by atoms with van der Waals surface area (Å²) in [4.78, 5) is 0. The van der Waals surface area contributed by atoms with Crippen molar-refractivity contribution in [1.29, 1.82) is 0 Å². The van der Waals surface area contributed by atoms with E-state index in [0.29, 0.717) is 0 Å². The first-order valence-electron chi connectivity index (χ1n) is 9.82. The normalized spacial score (nSPS) is 12.3. The van der Waals surface area contributed by atoms with Crippen LogP contribution in [0, 0.1) is 13.0 Å². The second kappa shape index (κ2) is 7.00. The van der Waals surface area contributed by atoms with E-state index in [0.717, 1.165) is 0 Å². The predicted octanol–water partition coefficient (Wildman–Crippen LogP) is 7.72. The highest BCUT2D eigenvalue weighted by atomic mass is 14.3. The standard InChI is InChI=1S/C27H31/c1-19-13-12-16-21(20-14-8-10-17-23(20)26(2,3)4)25(19)22-15-9-11-18-24(22)27(5,6)7/h8-12,14-18H,1-7H3. The van der Waals surface area contributed by atoms with Gasteiger partial charge < -0.3 is 0 Å². The number of benzene rings is 3. The summed E-state index contributed by atoms with van der Waals surface area (Å²) < 4.78 is 0. The molecule has 0 heteroatoms. The molecule has 0 nitrogen and oxygen atoms in total. The van der Waals surface area contributed by atoms with Gasteiger partial charge in [-0.25, -0.2) is 0 Å². The molecule has 3 aromatic rings. The first-order valence-corrected chi connectivity index (χ1v) is 9.82. The van der Waals surface area contributed by atoms with Crippen molar-refractivity contribution < 1.29 is 0 Å². The van der Waals surface area contributed by atoms with Crippen molar-refractivity contribution in [1.82, 2.24) is 0 Å². The van der Waals surface area contributed by atoms with E-state index in [9.17, 15) is 0 Å². The maximum Gasteiger partial charge on any atom is -0.00669 e. The van der Waals surface area contributed by atoms with E-state index in [1.54, 1.807) is 0 Å². The van der Waals surface area contributed by atoms with Gasteiger partial charge >= 0.3 is 0 Å². The molecular weight excluding hydrogens is 324 g/mol. The third-order valence-corrected chi connectivity index (χ3v) is 5.22. The second-order valence-corrected chi connectivity index (χ2v) is 9.48. The van der Waals surface area contributed by atoms with Crippen molar-refractivity contribution in [3.8, 4) is 22.3 Å². The van der Waals surface area contributed by atoms with Gasteiger partial charge in [0, 0.05) is 0 Å². The second-order valence-electron chi connectivity index (χ2n) is 9.48. The van der Waals surface area contributed by atoms with E-state index in [1.807, 2.05) is 0 Å². The average Bonchev–Trinajstić information content (AvgIpc) is 2.60. The number of hydrogen-bond donors (Lipinski definition) is 0. The largest absolute Gasteiger partial charge is 0.0619 e. The lowest BCUT2D eigenvalue weighted by Crippen LogP contribution is -2.14. The van der Waals surface area contributed by atoms with Gasteiger partial charge in [-0.2, -0.15) is 0 Å². The minimum Gasteiger partial charge on any atom is -0.0619 e. The molecule has 0 heterocycles. The third kappa shape index (κ3) is 3.86. The van der Waals surface area contributed by atoms with Crippen LogP contribution in [-0.4, -0.2) is 0 Å². The summed E-state index contributed by atoms with van der Waals surface area (Å²) in [6.45, 7) is 15.9. The van der Waals surface area contributed by atoms with E-state index in [2.05, 4.69) is 115 Å². The lowest BCUT2D eigenvalue weighted by atomic mass is 9.77. The SMILES string of the molecule is Cc1[c]ccc(-c2ccccc2C(C)(C)C)c1-c1ccccc1C(C)(C)C. The van der Waals surface area contributed by atoms with Gasteiger partial charge in [-0.05, 0) is 62.8 Å². The van der Waals surface area contributed by atoms with Crippen LogP contribution in [0.25, 0.3) is 22.3 Å². The molecule has 0 saturated carbocycles. The summed E-state index contributed by atoms with van der Waals surface area (Å²) in [7, 11) is 0. The Morgan fingerprint density at radius 2 is 1.07 bits per heavy atom. The molecule has 0 saturated heterocycles. The van der Waals surface area contributed by atoms with E-state index < -0.39 is 0 Å². The van der Waals surface area contributed by atoms with E-state index in [1.165, 1.54) is 38.9 Å². The fraction of sp³-hybridized carbons (Fsp3) is 0.333. The molecule has 0 N–H and O–H groups in total. The maximum atomic E-state index is 3.45. The van der Waals surface area contributed by atoms with Crippen LogP contribution in [0.4, 0.5) is 0 Å².